The highest BCUT2D eigenvalue weighted by atomic mass is 19.1. The molecule has 2 atom stereocenters. The molecular weight excluding hydrogens is 421 g/mol. The Morgan fingerprint density at radius 3 is 2.59 bits per heavy atom. The minimum Gasteiger partial charge on any atom is -0.342 e. The highest BCUT2D eigenvalue weighted by Crippen LogP contribution is 2.44. The fourth-order valence-electron chi connectivity index (χ4n) is 4.79. The van der Waals surface area contributed by atoms with E-state index in [1.54, 1.807) is 15.9 Å². The van der Waals surface area contributed by atoms with Crippen molar-refractivity contribution < 1.29 is 27.5 Å². The Morgan fingerprint density at radius 2 is 1.94 bits per heavy atom. The summed E-state index contributed by atoms with van der Waals surface area (Å²) in [5.41, 5.74) is -0.377. The number of hydrogen-bond acceptors (Lipinski definition) is 3. The zero-order chi connectivity index (χ0) is 23.0. The number of piperidine rings is 1. The van der Waals surface area contributed by atoms with Crippen molar-refractivity contribution in [1.82, 2.24) is 9.80 Å². The van der Waals surface area contributed by atoms with Gasteiger partial charge in [0.2, 0.25) is 0 Å². The number of nitrogens with zero attached hydrogens (tertiary/aromatic N) is 2. The maximum absolute atomic E-state index is 13.9. The average molecular weight is 446 g/mol. The van der Waals surface area contributed by atoms with E-state index in [1.807, 2.05) is 0 Å². The molecule has 0 unspecified atom stereocenters. The van der Waals surface area contributed by atoms with Crippen LogP contribution >= 0.6 is 0 Å². The lowest BCUT2D eigenvalue weighted by Crippen LogP contribution is -2.52. The van der Waals surface area contributed by atoms with Gasteiger partial charge in [-0.3, -0.25) is 9.59 Å². The SMILES string of the molecule is C=C(/C=C(F)\C=C(/C)F)[C@@H]1CC[C@H]2OC3(CCN(C(=O)c4cccc(F)c4)CC3)C(=O)N21. The molecule has 0 aliphatic carbocycles. The third kappa shape index (κ3) is 4.11. The van der Waals surface area contributed by atoms with Crippen LogP contribution in [0.15, 0.2) is 60.2 Å². The van der Waals surface area contributed by atoms with Crippen molar-refractivity contribution in [2.24, 2.45) is 0 Å². The molecule has 1 aromatic carbocycles. The Bertz CT molecular complexity index is 1010. The van der Waals surface area contributed by atoms with Gasteiger partial charge in [-0.05, 0) is 49.6 Å². The summed E-state index contributed by atoms with van der Waals surface area (Å²) in [5, 5.41) is 0. The van der Waals surface area contributed by atoms with Gasteiger partial charge in [-0.25, -0.2) is 13.2 Å². The van der Waals surface area contributed by atoms with E-state index < -0.39 is 35.3 Å². The predicted octanol–water partition coefficient (Wildman–Crippen LogP) is 4.43. The molecule has 4 rings (SSSR count). The number of hydrogen-bond donors (Lipinski definition) is 0. The maximum Gasteiger partial charge on any atom is 0.257 e. The number of allylic oxidation sites excluding steroid dienone is 3. The van der Waals surface area contributed by atoms with Gasteiger partial charge in [-0.1, -0.05) is 12.6 Å². The van der Waals surface area contributed by atoms with E-state index in [0.29, 0.717) is 44.3 Å². The normalized spacial score (nSPS) is 25.4. The molecule has 3 aliphatic rings. The first kappa shape index (κ1) is 22.3. The van der Waals surface area contributed by atoms with E-state index >= 15 is 0 Å². The first-order valence-electron chi connectivity index (χ1n) is 10.7. The van der Waals surface area contributed by atoms with Gasteiger partial charge in [0.15, 0.2) is 5.60 Å². The van der Waals surface area contributed by atoms with Crippen molar-refractivity contribution >= 4 is 11.8 Å². The van der Waals surface area contributed by atoms with Gasteiger partial charge in [0, 0.05) is 37.6 Å². The van der Waals surface area contributed by atoms with Crippen LogP contribution in [0.5, 0.6) is 0 Å². The molecule has 0 N–H and O–H groups in total. The van der Waals surface area contributed by atoms with E-state index in [4.69, 9.17) is 4.74 Å². The first-order valence-corrected chi connectivity index (χ1v) is 10.7. The summed E-state index contributed by atoms with van der Waals surface area (Å²) in [6, 6.07) is 5.10. The van der Waals surface area contributed by atoms with Crippen LogP contribution < -0.4 is 0 Å². The van der Waals surface area contributed by atoms with Crippen molar-refractivity contribution in [2.75, 3.05) is 13.1 Å². The van der Waals surface area contributed by atoms with Gasteiger partial charge in [0.1, 0.15) is 17.9 Å². The number of fused-ring (bicyclic) bond motifs is 1. The standard InChI is InChI=1S/C24H25F3N2O3/c1-15(12-19(27)13-16(2)25)20-6-7-21-29(20)23(31)24(32-21)8-10-28(11-9-24)22(30)17-4-3-5-18(26)14-17/h3-5,12-14,20-21H,1,6-11H2,2H3/b16-13+,19-12+/t20-,21+/m0/s1. The number of amides is 2. The summed E-state index contributed by atoms with van der Waals surface area (Å²) < 4.78 is 46.5. The quantitative estimate of drug-likeness (QED) is 0.643. The number of benzene rings is 1. The number of likely N-dealkylation sites (tertiary alicyclic amines) is 1. The molecule has 32 heavy (non-hydrogen) atoms. The lowest BCUT2D eigenvalue weighted by Gasteiger charge is -2.37. The Kier molecular flexibility index (Phi) is 5.99. The number of ether oxygens (including phenoxy) is 1. The molecule has 170 valence electrons. The van der Waals surface area contributed by atoms with E-state index in [2.05, 4.69) is 6.58 Å². The van der Waals surface area contributed by atoms with Gasteiger partial charge in [0.05, 0.1) is 11.9 Å². The zero-order valence-corrected chi connectivity index (χ0v) is 17.8. The number of carbonyl (C=O) groups excluding carboxylic acids is 2. The fraction of sp³-hybridized carbons (Fsp3) is 0.417. The minimum absolute atomic E-state index is 0.185. The highest BCUT2D eigenvalue weighted by Gasteiger charge is 2.58. The van der Waals surface area contributed by atoms with Gasteiger partial charge in [0.25, 0.3) is 11.8 Å². The molecule has 0 aromatic heterocycles. The lowest BCUT2D eigenvalue weighted by atomic mass is 9.89. The van der Waals surface area contributed by atoms with Crippen molar-refractivity contribution in [3.05, 3.63) is 71.6 Å². The molecule has 3 saturated heterocycles. The minimum atomic E-state index is -1.03. The van der Waals surface area contributed by atoms with Crippen molar-refractivity contribution in [3.8, 4) is 0 Å². The second kappa shape index (κ2) is 8.58. The predicted molar refractivity (Wildman–Crippen MR) is 112 cm³/mol. The summed E-state index contributed by atoms with van der Waals surface area (Å²) in [5.74, 6) is -2.36. The summed E-state index contributed by atoms with van der Waals surface area (Å²) in [6.45, 7) is 5.65. The van der Waals surface area contributed by atoms with Crippen LogP contribution in [0.3, 0.4) is 0 Å². The van der Waals surface area contributed by atoms with Gasteiger partial charge < -0.3 is 14.5 Å². The van der Waals surface area contributed by atoms with Crippen molar-refractivity contribution in [3.63, 3.8) is 0 Å². The molecule has 0 bridgehead atoms. The topological polar surface area (TPSA) is 49.9 Å². The lowest BCUT2D eigenvalue weighted by molar-refractivity contribution is -0.142. The molecule has 2 amide bonds. The Labute approximate surface area is 184 Å². The molecule has 0 radical (unpaired) electrons. The second-order valence-corrected chi connectivity index (χ2v) is 8.51. The van der Waals surface area contributed by atoms with Crippen molar-refractivity contribution in [2.45, 2.75) is 50.5 Å². The Hall–Kier alpha value is -2.87. The maximum atomic E-state index is 13.9. The highest BCUT2D eigenvalue weighted by molar-refractivity contribution is 5.95. The van der Waals surface area contributed by atoms with Gasteiger partial charge in [-0.2, -0.15) is 0 Å². The molecule has 0 saturated carbocycles. The summed E-state index contributed by atoms with van der Waals surface area (Å²) in [4.78, 5) is 29.3. The molecule has 1 spiro atoms. The molecule has 3 aliphatic heterocycles. The molecule has 1 aromatic rings. The molecule has 3 fully saturated rings. The van der Waals surface area contributed by atoms with E-state index in [9.17, 15) is 22.8 Å². The molecule has 3 heterocycles. The largest absolute Gasteiger partial charge is 0.342 e. The van der Waals surface area contributed by atoms with Gasteiger partial charge in [-0.15, -0.1) is 0 Å². The smallest absolute Gasteiger partial charge is 0.257 e. The van der Waals surface area contributed by atoms with Crippen LogP contribution in [0, 0.1) is 5.82 Å². The third-order valence-corrected chi connectivity index (χ3v) is 6.34. The molecule has 8 heteroatoms. The Balaban J connectivity index is 1.44. The second-order valence-electron chi connectivity index (χ2n) is 8.51. The first-order chi connectivity index (χ1) is 15.2. The number of carbonyl (C=O) groups is 2. The molecular formula is C24H25F3N2O3. The third-order valence-electron chi connectivity index (χ3n) is 6.34. The van der Waals surface area contributed by atoms with Crippen molar-refractivity contribution in [1.29, 1.82) is 0 Å². The fourth-order valence-corrected chi connectivity index (χ4v) is 4.79. The summed E-state index contributed by atoms with van der Waals surface area (Å²) >= 11 is 0. The van der Waals surface area contributed by atoms with E-state index in [-0.39, 0.29) is 17.4 Å². The van der Waals surface area contributed by atoms with E-state index in [1.165, 1.54) is 18.2 Å². The summed E-state index contributed by atoms with van der Waals surface area (Å²) in [7, 11) is 0. The van der Waals surface area contributed by atoms with E-state index in [0.717, 1.165) is 19.1 Å². The van der Waals surface area contributed by atoms with Crippen LogP contribution in [-0.4, -0.2) is 52.6 Å². The Morgan fingerprint density at radius 1 is 1.22 bits per heavy atom. The number of halogens is 3. The molecule has 5 nitrogen and oxygen atoms in total. The van der Waals surface area contributed by atoms with Gasteiger partial charge >= 0.3 is 0 Å². The van der Waals surface area contributed by atoms with Crippen LogP contribution in [0.1, 0.15) is 43.0 Å². The van der Waals surface area contributed by atoms with Crippen LogP contribution in [0.4, 0.5) is 13.2 Å². The van der Waals surface area contributed by atoms with Crippen LogP contribution in [-0.2, 0) is 9.53 Å². The monoisotopic (exact) mass is 446 g/mol. The van der Waals surface area contributed by atoms with Crippen LogP contribution in [0.25, 0.3) is 0 Å². The zero-order valence-electron chi connectivity index (χ0n) is 17.8. The number of rotatable bonds is 4. The summed E-state index contributed by atoms with van der Waals surface area (Å²) in [6.07, 6.45) is 3.32. The average Bonchev–Trinajstić information content (AvgIpc) is 3.26. The van der Waals surface area contributed by atoms with Crippen LogP contribution in [0.2, 0.25) is 0 Å².